The molecule has 0 spiro atoms. The number of amides is 1. The molecular formula is C22H21NO3. The number of hydrogen-bond acceptors (Lipinski definition) is 3. The van der Waals surface area contributed by atoms with E-state index in [1.807, 2.05) is 72.8 Å². The van der Waals surface area contributed by atoms with E-state index in [0.717, 1.165) is 28.3 Å². The molecule has 3 rings (SSSR count). The number of rotatable bonds is 7. The Kier molecular flexibility index (Phi) is 5.99. The number of benzene rings is 3. The van der Waals surface area contributed by atoms with Crippen LogP contribution < -0.4 is 5.32 Å². The third-order valence-corrected chi connectivity index (χ3v) is 4.11. The maximum Gasteiger partial charge on any atom is 0.310 e. The normalized spacial score (nSPS) is 10.5. The first kappa shape index (κ1) is 17.7. The molecule has 0 radical (unpaired) electrons. The largest absolute Gasteiger partial charge is 0.455 e. The first-order valence-electron chi connectivity index (χ1n) is 8.64. The molecular weight excluding hydrogens is 326 g/mol. The minimum absolute atomic E-state index is 0.155. The molecule has 4 nitrogen and oxygen atoms in total. The van der Waals surface area contributed by atoms with E-state index in [2.05, 4.69) is 5.32 Å². The molecule has 0 saturated carbocycles. The van der Waals surface area contributed by atoms with Gasteiger partial charge in [-0.1, -0.05) is 72.8 Å². The van der Waals surface area contributed by atoms with E-state index in [4.69, 9.17) is 4.74 Å². The van der Waals surface area contributed by atoms with Crippen molar-refractivity contribution in [2.24, 2.45) is 0 Å². The lowest BCUT2D eigenvalue weighted by atomic mass is 10.1. The minimum atomic E-state index is -0.404. The van der Waals surface area contributed by atoms with Gasteiger partial charge < -0.3 is 10.1 Å². The molecule has 0 heterocycles. The number of carbonyl (C=O) groups excluding carboxylic acids is 2. The predicted octanol–water partition coefficient (Wildman–Crippen LogP) is 3.28. The highest BCUT2D eigenvalue weighted by atomic mass is 16.5. The van der Waals surface area contributed by atoms with Crippen LogP contribution in [0, 0.1) is 0 Å². The predicted molar refractivity (Wildman–Crippen MR) is 102 cm³/mol. The van der Waals surface area contributed by atoms with Crippen molar-refractivity contribution in [3.05, 3.63) is 83.9 Å². The summed E-state index contributed by atoms with van der Waals surface area (Å²) < 4.78 is 5.07. The van der Waals surface area contributed by atoms with Gasteiger partial charge >= 0.3 is 5.97 Å². The summed E-state index contributed by atoms with van der Waals surface area (Å²) in [5.74, 6) is -0.689. The Balaban J connectivity index is 1.40. The third kappa shape index (κ3) is 5.18. The molecule has 132 valence electrons. The van der Waals surface area contributed by atoms with Gasteiger partial charge in [0.15, 0.2) is 6.61 Å². The number of nitrogens with one attached hydrogen (secondary N) is 1. The van der Waals surface area contributed by atoms with Crippen molar-refractivity contribution in [3.8, 4) is 0 Å². The zero-order valence-electron chi connectivity index (χ0n) is 14.5. The molecule has 0 aromatic heterocycles. The average Bonchev–Trinajstić information content (AvgIpc) is 2.67. The monoisotopic (exact) mass is 347 g/mol. The summed E-state index contributed by atoms with van der Waals surface area (Å²) in [6.45, 7) is 0.270. The van der Waals surface area contributed by atoms with Crippen LogP contribution in [0.15, 0.2) is 72.8 Å². The quantitative estimate of drug-likeness (QED) is 0.667. The Morgan fingerprint density at radius 1 is 0.808 bits per heavy atom. The topological polar surface area (TPSA) is 55.4 Å². The van der Waals surface area contributed by atoms with Crippen LogP contribution in [0.3, 0.4) is 0 Å². The molecule has 3 aromatic rings. The molecule has 0 fully saturated rings. The second kappa shape index (κ2) is 8.81. The van der Waals surface area contributed by atoms with Gasteiger partial charge in [-0.15, -0.1) is 0 Å². The molecule has 0 aliphatic rings. The van der Waals surface area contributed by atoms with Crippen LogP contribution in [0.4, 0.5) is 0 Å². The Bertz CT molecular complexity index is 890. The SMILES string of the molecule is O=C(COC(=O)Cc1ccc2ccccc2c1)NCCc1ccccc1. The zero-order chi connectivity index (χ0) is 18.2. The number of fused-ring (bicyclic) bond motifs is 1. The van der Waals surface area contributed by atoms with Gasteiger partial charge in [0.1, 0.15) is 0 Å². The highest BCUT2D eigenvalue weighted by Gasteiger charge is 2.09. The summed E-state index contributed by atoms with van der Waals surface area (Å²) in [5.41, 5.74) is 2.03. The smallest absolute Gasteiger partial charge is 0.310 e. The van der Waals surface area contributed by atoms with Crippen molar-refractivity contribution in [2.45, 2.75) is 12.8 Å². The molecule has 1 amide bonds. The van der Waals surface area contributed by atoms with E-state index < -0.39 is 5.97 Å². The molecule has 0 unspecified atom stereocenters. The van der Waals surface area contributed by atoms with Gasteiger partial charge in [0.2, 0.25) is 0 Å². The summed E-state index contributed by atoms with van der Waals surface area (Å²) >= 11 is 0. The van der Waals surface area contributed by atoms with Gasteiger partial charge in [-0.2, -0.15) is 0 Å². The van der Waals surface area contributed by atoms with Crippen LogP contribution in [-0.4, -0.2) is 25.0 Å². The van der Waals surface area contributed by atoms with Crippen LogP contribution in [0.2, 0.25) is 0 Å². The van der Waals surface area contributed by atoms with Crippen molar-refractivity contribution in [1.29, 1.82) is 0 Å². The Hall–Kier alpha value is -3.14. The van der Waals surface area contributed by atoms with Crippen LogP contribution >= 0.6 is 0 Å². The summed E-state index contributed by atoms with van der Waals surface area (Å²) in [6.07, 6.45) is 0.903. The lowest BCUT2D eigenvalue weighted by Gasteiger charge is -2.07. The second-order valence-corrected chi connectivity index (χ2v) is 6.10. The van der Waals surface area contributed by atoms with E-state index in [9.17, 15) is 9.59 Å². The summed E-state index contributed by atoms with van der Waals surface area (Å²) in [4.78, 5) is 23.7. The fourth-order valence-electron chi connectivity index (χ4n) is 2.75. The Labute approximate surface area is 152 Å². The van der Waals surface area contributed by atoms with E-state index in [-0.39, 0.29) is 18.9 Å². The van der Waals surface area contributed by atoms with E-state index >= 15 is 0 Å². The molecule has 4 heteroatoms. The summed E-state index contributed by atoms with van der Waals surface area (Å²) in [5, 5.41) is 4.97. The number of hydrogen-bond donors (Lipinski definition) is 1. The van der Waals surface area contributed by atoms with E-state index in [1.54, 1.807) is 0 Å². The molecule has 3 aromatic carbocycles. The molecule has 0 aliphatic heterocycles. The summed E-state index contributed by atoms with van der Waals surface area (Å²) in [7, 11) is 0. The number of esters is 1. The Morgan fingerprint density at radius 2 is 1.54 bits per heavy atom. The molecule has 1 N–H and O–H groups in total. The van der Waals surface area contributed by atoms with Crippen molar-refractivity contribution < 1.29 is 14.3 Å². The van der Waals surface area contributed by atoms with Crippen molar-refractivity contribution in [3.63, 3.8) is 0 Å². The minimum Gasteiger partial charge on any atom is -0.455 e. The molecule has 0 atom stereocenters. The summed E-state index contributed by atoms with van der Waals surface area (Å²) in [6, 6.07) is 23.7. The fourth-order valence-corrected chi connectivity index (χ4v) is 2.75. The first-order valence-corrected chi connectivity index (χ1v) is 8.64. The van der Waals surface area contributed by atoms with Gasteiger partial charge in [-0.3, -0.25) is 9.59 Å². The molecule has 26 heavy (non-hydrogen) atoms. The lowest BCUT2D eigenvalue weighted by Crippen LogP contribution is -2.30. The van der Waals surface area contributed by atoms with Crippen LogP contribution in [0.1, 0.15) is 11.1 Å². The van der Waals surface area contributed by atoms with E-state index in [1.165, 1.54) is 0 Å². The molecule has 0 aliphatic carbocycles. The Morgan fingerprint density at radius 3 is 2.35 bits per heavy atom. The van der Waals surface area contributed by atoms with Crippen molar-refractivity contribution >= 4 is 22.6 Å². The maximum atomic E-state index is 11.9. The number of carbonyl (C=O) groups is 2. The molecule has 0 saturated heterocycles. The van der Waals surface area contributed by atoms with Gasteiger partial charge in [-0.25, -0.2) is 0 Å². The standard InChI is InChI=1S/C22H21NO3/c24-21(23-13-12-17-6-2-1-3-7-17)16-26-22(25)15-18-10-11-19-8-4-5-9-20(19)14-18/h1-11,14H,12-13,15-16H2,(H,23,24). The maximum absolute atomic E-state index is 11.9. The van der Waals surface area contributed by atoms with Gasteiger partial charge in [0, 0.05) is 6.54 Å². The average molecular weight is 347 g/mol. The lowest BCUT2D eigenvalue weighted by molar-refractivity contribution is -0.147. The highest BCUT2D eigenvalue weighted by molar-refractivity contribution is 5.85. The van der Waals surface area contributed by atoms with E-state index in [0.29, 0.717) is 6.54 Å². The van der Waals surface area contributed by atoms with Gasteiger partial charge in [0.05, 0.1) is 6.42 Å². The third-order valence-electron chi connectivity index (χ3n) is 4.11. The van der Waals surface area contributed by atoms with Crippen LogP contribution in [0.5, 0.6) is 0 Å². The highest BCUT2D eigenvalue weighted by Crippen LogP contribution is 2.16. The second-order valence-electron chi connectivity index (χ2n) is 6.10. The molecule has 0 bridgehead atoms. The fraction of sp³-hybridized carbons (Fsp3) is 0.182. The first-order chi connectivity index (χ1) is 12.7. The van der Waals surface area contributed by atoms with Crippen molar-refractivity contribution in [2.75, 3.05) is 13.2 Å². The van der Waals surface area contributed by atoms with Crippen LogP contribution in [-0.2, 0) is 27.2 Å². The van der Waals surface area contributed by atoms with Crippen molar-refractivity contribution in [1.82, 2.24) is 5.32 Å². The van der Waals surface area contributed by atoms with Crippen LogP contribution in [0.25, 0.3) is 10.8 Å². The zero-order valence-corrected chi connectivity index (χ0v) is 14.5. The van der Waals surface area contributed by atoms with Gasteiger partial charge in [-0.05, 0) is 28.3 Å². The number of ether oxygens (including phenoxy) is 1. The van der Waals surface area contributed by atoms with Gasteiger partial charge in [0.25, 0.3) is 5.91 Å².